The lowest BCUT2D eigenvalue weighted by Crippen LogP contribution is -2.10. The van der Waals surface area contributed by atoms with Gasteiger partial charge in [-0.15, -0.1) is 0 Å². The van der Waals surface area contributed by atoms with Gasteiger partial charge in [-0.2, -0.15) is 0 Å². The molecule has 0 radical (unpaired) electrons. The second-order valence-corrected chi connectivity index (χ2v) is 8.71. The Morgan fingerprint density at radius 3 is 1.50 bits per heavy atom. The van der Waals surface area contributed by atoms with Gasteiger partial charge in [-0.3, -0.25) is 0 Å². The number of rotatable bonds is 16. The Kier molecular flexibility index (Phi) is 13.3. The van der Waals surface area contributed by atoms with E-state index in [1.165, 1.54) is 60.8 Å². The highest BCUT2D eigenvalue weighted by molar-refractivity contribution is 5.59. The van der Waals surface area contributed by atoms with Crippen molar-refractivity contribution in [2.24, 2.45) is 0 Å². The Morgan fingerprint density at radius 2 is 1.03 bits per heavy atom. The third-order valence-corrected chi connectivity index (χ3v) is 5.75. The number of ether oxygens (including phenoxy) is 2. The summed E-state index contributed by atoms with van der Waals surface area (Å²) >= 11 is 0. The predicted molar refractivity (Wildman–Crippen MR) is 133 cm³/mol. The topological polar surface area (TPSA) is 35.5 Å². The highest BCUT2D eigenvalue weighted by atomic mass is 16.7. The van der Waals surface area contributed by atoms with E-state index in [1.807, 2.05) is 18.2 Å². The molecule has 0 aliphatic carbocycles. The first-order valence-electron chi connectivity index (χ1n) is 12.7. The molecule has 0 saturated heterocycles. The van der Waals surface area contributed by atoms with E-state index in [1.54, 1.807) is 0 Å². The van der Waals surface area contributed by atoms with Crippen molar-refractivity contribution < 1.29 is 14.3 Å². The molecule has 176 valence electrons. The SMILES string of the molecule is CCCCCc1cc(CCCCC)cc(CCCOC(=O)OCCCc2ccccc2)c1. The van der Waals surface area contributed by atoms with Gasteiger partial charge in [-0.25, -0.2) is 4.79 Å². The number of aryl methyl sites for hydroxylation is 4. The maximum Gasteiger partial charge on any atom is 0.508 e. The first kappa shape index (κ1) is 26.0. The smallest absolute Gasteiger partial charge is 0.434 e. The Morgan fingerprint density at radius 1 is 0.594 bits per heavy atom. The number of hydrogen-bond acceptors (Lipinski definition) is 3. The van der Waals surface area contributed by atoms with E-state index in [0.29, 0.717) is 13.2 Å². The molecule has 2 aromatic carbocycles. The van der Waals surface area contributed by atoms with E-state index in [9.17, 15) is 4.79 Å². The van der Waals surface area contributed by atoms with Crippen LogP contribution in [0.1, 0.15) is 87.5 Å². The summed E-state index contributed by atoms with van der Waals surface area (Å²) < 4.78 is 10.5. The molecule has 2 aromatic rings. The Hall–Kier alpha value is -2.29. The van der Waals surface area contributed by atoms with Crippen LogP contribution in [-0.4, -0.2) is 19.4 Å². The Labute approximate surface area is 195 Å². The summed E-state index contributed by atoms with van der Waals surface area (Å²) in [5, 5.41) is 0. The highest BCUT2D eigenvalue weighted by Gasteiger charge is 2.06. The quantitative estimate of drug-likeness (QED) is 0.197. The van der Waals surface area contributed by atoms with Gasteiger partial charge in [0.15, 0.2) is 0 Å². The van der Waals surface area contributed by atoms with E-state index >= 15 is 0 Å². The minimum atomic E-state index is -0.549. The molecule has 0 amide bonds. The molecule has 0 N–H and O–H groups in total. The van der Waals surface area contributed by atoms with Crippen LogP contribution in [0.25, 0.3) is 0 Å². The first-order valence-corrected chi connectivity index (χ1v) is 12.7. The van der Waals surface area contributed by atoms with Gasteiger partial charge in [0.25, 0.3) is 0 Å². The summed E-state index contributed by atoms with van der Waals surface area (Å²) in [5.41, 5.74) is 5.54. The number of carbonyl (C=O) groups is 1. The monoisotopic (exact) mass is 438 g/mol. The lowest BCUT2D eigenvalue weighted by molar-refractivity contribution is 0.0539. The van der Waals surface area contributed by atoms with E-state index in [-0.39, 0.29) is 0 Å². The summed E-state index contributed by atoms with van der Waals surface area (Å²) in [5.74, 6) is 0. The predicted octanol–water partition coefficient (Wildman–Crippen LogP) is 7.87. The zero-order chi connectivity index (χ0) is 22.9. The number of benzene rings is 2. The first-order chi connectivity index (χ1) is 15.7. The zero-order valence-electron chi connectivity index (χ0n) is 20.2. The van der Waals surface area contributed by atoms with Crippen molar-refractivity contribution in [1.82, 2.24) is 0 Å². The number of hydrogen-bond donors (Lipinski definition) is 0. The zero-order valence-corrected chi connectivity index (χ0v) is 20.2. The van der Waals surface area contributed by atoms with Gasteiger partial charge in [-0.05, 0) is 73.6 Å². The van der Waals surface area contributed by atoms with Crippen LogP contribution in [0.4, 0.5) is 4.79 Å². The van der Waals surface area contributed by atoms with Crippen LogP contribution in [0, 0.1) is 0 Å². The van der Waals surface area contributed by atoms with Gasteiger partial charge in [0.1, 0.15) is 0 Å². The van der Waals surface area contributed by atoms with Crippen LogP contribution < -0.4 is 0 Å². The average Bonchev–Trinajstić information content (AvgIpc) is 2.81. The molecule has 0 unspecified atom stereocenters. The molecule has 0 atom stereocenters. The fraction of sp³-hybridized carbons (Fsp3) is 0.552. The van der Waals surface area contributed by atoms with Crippen molar-refractivity contribution in [3.05, 3.63) is 70.8 Å². The van der Waals surface area contributed by atoms with E-state index in [2.05, 4.69) is 44.2 Å². The van der Waals surface area contributed by atoms with E-state index in [0.717, 1.165) is 38.5 Å². The molecule has 3 nitrogen and oxygen atoms in total. The second kappa shape index (κ2) is 16.4. The Bertz CT molecular complexity index is 726. The van der Waals surface area contributed by atoms with Crippen molar-refractivity contribution in [3.63, 3.8) is 0 Å². The molecule has 0 heterocycles. The average molecular weight is 439 g/mol. The minimum absolute atomic E-state index is 0.397. The van der Waals surface area contributed by atoms with Crippen LogP contribution in [0.15, 0.2) is 48.5 Å². The molecule has 3 heteroatoms. The van der Waals surface area contributed by atoms with Crippen molar-refractivity contribution in [2.75, 3.05) is 13.2 Å². The van der Waals surface area contributed by atoms with E-state index < -0.39 is 6.16 Å². The van der Waals surface area contributed by atoms with Crippen LogP contribution in [0.2, 0.25) is 0 Å². The lowest BCUT2D eigenvalue weighted by atomic mass is 9.96. The summed E-state index contributed by atoms with van der Waals surface area (Å²) in [4.78, 5) is 11.8. The maximum atomic E-state index is 11.8. The highest BCUT2D eigenvalue weighted by Crippen LogP contribution is 2.17. The maximum absolute atomic E-state index is 11.8. The normalized spacial score (nSPS) is 10.8. The van der Waals surface area contributed by atoms with Gasteiger partial charge in [0.2, 0.25) is 0 Å². The molecule has 0 saturated carbocycles. The summed E-state index contributed by atoms with van der Waals surface area (Å²) in [7, 11) is 0. The van der Waals surface area contributed by atoms with Gasteiger partial charge in [0.05, 0.1) is 13.2 Å². The van der Waals surface area contributed by atoms with E-state index in [4.69, 9.17) is 9.47 Å². The third kappa shape index (κ3) is 11.4. The van der Waals surface area contributed by atoms with Crippen molar-refractivity contribution in [3.8, 4) is 0 Å². The van der Waals surface area contributed by atoms with Gasteiger partial charge >= 0.3 is 6.16 Å². The van der Waals surface area contributed by atoms with Gasteiger partial charge in [0, 0.05) is 0 Å². The largest absolute Gasteiger partial charge is 0.508 e. The fourth-order valence-electron chi connectivity index (χ4n) is 3.98. The fourth-order valence-corrected chi connectivity index (χ4v) is 3.98. The van der Waals surface area contributed by atoms with Crippen molar-refractivity contribution >= 4 is 6.16 Å². The molecule has 2 rings (SSSR count). The van der Waals surface area contributed by atoms with Gasteiger partial charge < -0.3 is 9.47 Å². The Balaban J connectivity index is 1.69. The van der Waals surface area contributed by atoms with Crippen LogP contribution >= 0.6 is 0 Å². The van der Waals surface area contributed by atoms with Gasteiger partial charge in [-0.1, -0.05) is 88.1 Å². The van der Waals surface area contributed by atoms with Crippen molar-refractivity contribution in [2.45, 2.75) is 90.9 Å². The minimum Gasteiger partial charge on any atom is -0.434 e. The molecular formula is C29H42O3. The molecule has 32 heavy (non-hydrogen) atoms. The van der Waals surface area contributed by atoms with Crippen LogP contribution in [0.5, 0.6) is 0 Å². The molecule has 0 aliphatic heterocycles. The molecule has 0 spiro atoms. The molecule has 0 bridgehead atoms. The molecule has 0 aromatic heterocycles. The summed E-state index contributed by atoms with van der Waals surface area (Å²) in [6, 6.07) is 17.3. The molecule has 0 aliphatic rings. The third-order valence-electron chi connectivity index (χ3n) is 5.75. The lowest BCUT2D eigenvalue weighted by Gasteiger charge is -2.11. The summed E-state index contributed by atoms with van der Waals surface area (Å²) in [6.45, 7) is 5.30. The number of carbonyl (C=O) groups excluding carboxylic acids is 1. The molecule has 0 fully saturated rings. The molecular weight excluding hydrogens is 396 g/mol. The van der Waals surface area contributed by atoms with Crippen molar-refractivity contribution in [1.29, 1.82) is 0 Å². The van der Waals surface area contributed by atoms with Crippen LogP contribution in [-0.2, 0) is 35.2 Å². The second-order valence-electron chi connectivity index (χ2n) is 8.71. The number of unbranched alkanes of at least 4 members (excludes halogenated alkanes) is 4. The standard InChI is InChI=1S/C29H42O3/c1-3-5-8-16-26-22-27(17-9-6-4-2)24-28(23-26)19-13-21-32-29(30)31-20-12-18-25-14-10-7-11-15-25/h7,10-11,14-15,22-24H,3-6,8-9,12-13,16-21H2,1-2H3. The summed E-state index contributed by atoms with van der Waals surface area (Å²) in [6.07, 6.45) is 12.8. The van der Waals surface area contributed by atoms with Crippen LogP contribution in [0.3, 0.4) is 0 Å².